The number of hydrogen-bond acceptors (Lipinski definition) is 6. The number of amides is 1. The van der Waals surface area contributed by atoms with Gasteiger partial charge < -0.3 is 18.8 Å². The largest absolute Gasteiger partial charge is 0.496 e. The Morgan fingerprint density at radius 1 is 1.25 bits per heavy atom. The highest BCUT2D eigenvalue weighted by Gasteiger charge is 2.24. The lowest BCUT2D eigenvalue weighted by molar-refractivity contribution is 0.0593. The van der Waals surface area contributed by atoms with E-state index in [-0.39, 0.29) is 30.1 Å². The number of nitrogens with zero attached hydrogens (tertiary/aromatic N) is 2. The topological polar surface area (TPSA) is 81.9 Å². The highest BCUT2D eigenvalue weighted by atomic mass is 16.5. The third-order valence-corrected chi connectivity index (χ3v) is 3.47. The lowest BCUT2D eigenvalue weighted by Crippen LogP contribution is -2.36. The molecule has 0 saturated heterocycles. The number of ether oxygens (including phenoxy) is 2. The van der Waals surface area contributed by atoms with Crippen LogP contribution < -0.4 is 4.74 Å². The summed E-state index contributed by atoms with van der Waals surface area (Å²) in [6, 6.07) is 6.90. The number of rotatable bonds is 6. The minimum atomic E-state index is -0.586. The van der Waals surface area contributed by atoms with E-state index < -0.39 is 5.97 Å². The molecule has 0 spiro atoms. The summed E-state index contributed by atoms with van der Waals surface area (Å²) in [6.07, 6.45) is 1.22. The first-order valence-corrected chi connectivity index (χ1v) is 7.44. The van der Waals surface area contributed by atoms with Crippen LogP contribution in [-0.4, -0.2) is 42.0 Å². The van der Waals surface area contributed by atoms with Crippen LogP contribution in [0.15, 0.2) is 34.9 Å². The molecule has 1 amide bonds. The van der Waals surface area contributed by atoms with Gasteiger partial charge >= 0.3 is 5.97 Å². The van der Waals surface area contributed by atoms with Crippen molar-refractivity contribution in [3.63, 3.8) is 0 Å². The number of methoxy groups -OCH3 is 2. The summed E-state index contributed by atoms with van der Waals surface area (Å²) < 4.78 is 15.1. The summed E-state index contributed by atoms with van der Waals surface area (Å²) in [7, 11) is 2.78. The Kier molecular flexibility index (Phi) is 5.57. The van der Waals surface area contributed by atoms with Crippen LogP contribution in [0.5, 0.6) is 5.75 Å². The maximum absolute atomic E-state index is 12.9. The van der Waals surface area contributed by atoms with E-state index >= 15 is 0 Å². The van der Waals surface area contributed by atoms with Crippen molar-refractivity contribution < 1.29 is 23.5 Å². The summed E-state index contributed by atoms with van der Waals surface area (Å²) in [5, 5.41) is 0. The van der Waals surface area contributed by atoms with Crippen LogP contribution in [0.1, 0.15) is 40.6 Å². The van der Waals surface area contributed by atoms with E-state index in [0.717, 1.165) is 0 Å². The third kappa shape index (κ3) is 3.73. The van der Waals surface area contributed by atoms with Crippen LogP contribution in [0.3, 0.4) is 0 Å². The fourth-order valence-electron chi connectivity index (χ4n) is 2.19. The first-order valence-electron chi connectivity index (χ1n) is 7.44. The van der Waals surface area contributed by atoms with Crippen molar-refractivity contribution in [2.45, 2.75) is 26.4 Å². The minimum absolute atomic E-state index is 0.0703. The molecule has 0 N–H and O–H groups in total. The van der Waals surface area contributed by atoms with Gasteiger partial charge in [-0.1, -0.05) is 12.1 Å². The van der Waals surface area contributed by atoms with Gasteiger partial charge in [-0.25, -0.2) is 9.78 Å². The van der Waals surface area contributed by atoms with Crippen molar-refractivity contribution >= 4 is 11.9 Å². The van der Waals surface area contributed by atoms with E-state index in [4.69, 9.17) is 9.15 Å². The van der Waals surface area contributed by atoms with Crippen molar-refractivity contribution in [3.8, 4) is 5.75 Å². The predicted octanol–water partition coefficient (Wildman–Crippen LogP) is 2.52. The quantitative estimate of drug-likeness (QED) is 0.756. The van der Waals surface area contributed by atoms with Gasteiger partial charge in [0.15, 0.2) is 5.69 Å². The smallest absolute Gasteiger partial charge is 0.360 e. The highest BCUT2D eigenvalue weighted by Crippen LogP contribution is 2.21. The molecule has 0 bridgehead atoms. The van der Waals surface area contributed by atoms with E-state index in [9.17, 15) is 9.59 Å². The molecule has 2 aromatic rings. The molecule has 7 nitrogen and oxygen atoms in total. The fraction of sp³-hybridized carbons (Fsp3) is 0.353. The SMILES string of the molecule is COC(=O)c1coc(CN(C(=O)c2ccccc2OC)C(C)C)n1. The Hall–Kier alpha value is -2.83. The summed E-state index contributed by atoms with van der Waals surface area (Å²) in [4.78, 5) is 29.9. The third-order valence-electron chi connectivity index (χ3n) is 3.47. The van der Waals surface area contributed by atoms with E-state index in [1.807, 2.05) is 13.8 Å². The van der Waals surface area contributed by atoms with Crippen molar-refractivity contribution in [1.29, 1.82) is 0 Å². The molecule has 0 aliphatic rings. The van der Waals surface area contributed by atoms with Crippen LogP contribution in [0.25, 0.3) is 0 Å². The number of esters is 1. The van der Waals surface area contributed by atoms with Crippen molar-refractivity contribution in [2.75, 3.05) is 14.2 Å². The van der Waals surface area contributed by atoms with Crippen LogP contribution in [0.4, 0.5) is 0 Å². The first-order chi connectivity index (χ1) is 11.5. The van der Waals surface area contributed by atoms with E-state index in [1.54, 1.807) is 29.2 Å². The van der Waals surface area contributed by atoms with Crippen LogP contribution >= 0.6 is 0 Å². The number of para-hydroxylation sites is 1. The van der Waals surface area contributed by atoms with Crippen molar-refractivity contribution in [1.82, 2.24) is 9.88 Å². The van der Waals surface area contributed by atoms with Gasteiger partial charge in [0, 0.05) is 6.04 Å². The average molecular weight is 332 g/mol. The summed E-state index contributed by atoms with van der Waals surface area (Å²) in [5.41, 5.74) is 0.523. The Bertz CT molecular complexity index is 723. The van der Waals surface area contributed by atoms with Gasteiger partial charge in [0.05, 0.1) is 26.3 Å². The summed E-state index contributed by atoms with van der Waals surface area (Å²) in [6.45, 7) is 3.90. The van der Waals surface area contributed by atoms with Crippen molar-refractivity contribution in [2.24, 2.45) is 0 Å². The zero-order chi connectivity index (χ0) is 17.7. The van der Waals surface area contributed by atoms with E-state index in [2.05, 4.69) is 9.72 Å². The number of aromatic nitrogens is 1. The number of carbonyl (C=O) groups is 2. The molecular weight excluding hydrogens is 312 g/mol. The van der Waals surface area contributed by atoms with Crippen molar-refractivity contribution in [3.05, 3.63) is 47.7 Å². The molecule has 24 heavy (non-hydrogen) atoms. The number of oxazole rings is 1. The zero-order valence-corrected chi connectivity index (χ0v) is 14.1. The minimum Gasteiger partial charge on any atom is -0.496 e. The Morgan fingerprint density at radius 2 is 1.96 bits per heavy atom. The maximum Gasteiger partial charge on any atom is 0.360 e. The van der Waals surface area contributed by atoms with Gasteiger partial charge in [0.1, 0.15) is 12.0 Å². The molecule has 0 saturated carbocycles. The molecule has 128 valence electrons. The molecule has 0 aliphatic heterocycles. The second-order valence-electron chi connectivity index (χ2n) is 5.35. The molecule has 2 rings (SSSR count). The van der Waals surface area contributed by atoms with E-state index in [1.165, 1.54) is 20.5 Å². The second-order valence-corrected chi connectivity index (χ2v) is 5.35. The lowest BCUT2D eigenvalue weighted by atomic mass is 10.1. The molecule has 1 aromatic heterocycles. The standard InChI is InChI=1S/C17H20N2O5/c1-11(2)19(9-15-18-13(10-24-15)17(21)23-4)16(20)12-7-5-6-8-14(12)22-3/h5-8,10-11H,9H2,1-4H3. The molecule has 1 heterocycles. The Morgan fingerprint density at radius 3 is 2.58 bits per heavy atom. The van der Waals surface area contributed by atoms with Gasteiger partial charge in [-0.2, -0.15) is 0 Å². The zero-order valence-electron chi connectivity index (χ0n) is 14.1. The van der Waals surface area contributed by atoms with Gasteiger partial charge in [-0.05, 0) is 26.0 Å². The second kappa shape index (κ2) is 7.63. The maximum atomic E-state index is 12.9. The Balaban J connectivity index is 2.25. The molecule has 7 heteroatoms. The molecule has 0 radical (unpaired) electrons. The lowest BCUT2D eigenvalue weighted by Gasteiger charge is -2.26. The number of hydrogen-bond donors (Lipinski definition) is 0. The fourth-order valence-corrected chi connectivity index (χ4v) is 2.19. The monoisotopic (exact) mass is 332 g/mol. The molecule has 0 fully saturated rings. The number of benzene rings is 1. The molecule has 0 atom stereocenters. The number of carbonyl (C=O) groups excluding carboxylic acids is 2. The highest BCUT2D eigenvalue weighted by molar-refractivity contribution is 5.97. The average Bonchev–Trinajstić information content (AvgIpc) is 3.06. The van der Waals surface area contributed by atoms with Crippen LogP contribution in [0.2, 0.25) is 0 Å². The van der Waals surface area contributed by atoms with Gasteiger partial charge in [0.25, 0.3) is 5.91 Å². The van der Waals surface area contributed by atoms with Crippen LogP contribution in [0, 0.1) is 0 Å². The normalized spacial score (nSPS) is 10.5. The molecule has 0 aliphatic carbocycles. The summed E-state index contributed by atoms with van der Waals surface area (Å²) in [5.74, 6) is -0.0411. The van der Waals surface area contributed by atoms with Gasteiger partial charge in [0.2, 0.25) is 5.89 Å². The summed E-state index contributed by atoms with van der Waals surface area (Å²) >= 11 is 0. The molecule has 0 unspecified atom stereocenters. The van der Waals surface area contributed by atoms with Gasteiger partial charge in [-0.3, -0.25) is 4.79 Å². The molecule has 1 aromatic carbocycles. The first kappa shape index (κ1) is 17.5. The Labute approximate surface area is 140 Å². The van der Waals surface area contributed by atoms with Gasteiger partial charge in [-0.15, -0.1) is 0 Å². The predicted molar refractivity (Wildman–Crippen MR) is 85.8 cm³/mol. The van der Waals surface area contributed by atoms with E-state index in [0.29, 0.717) is 11.3 Å². The van der Waals surface area contributed by atoms with Crippen LogP contribution in [-0.2, 0) is 11.3 Å². The molecular formula is C17H20N2O5.